The van der Waals surface area contributed by atoms with Gasteiger partial charge >= 0.3 is 0 Å². The molecule has 140 valence electrons. The smallest absolute Gasteiger partial charge is 0.227 e. The standard InChI is InChI=1S/C22H15FN6/c23-16-8-9-24-20(11-16)15-12-25-22(26-13-15)27-17-5-3-4-14(10-17)21-28-18-6-1-2-7-19(18)29-21/h1-13H,(H,28,29)(H,25,26,27). The molecule has 0 saturated carbocycles. The van der Waals surface area contributed by atoms with Crippen LogP contribution in [0.15, 0.2) is 79.3 Å². The van der Waals surface area contributed by atoms with E-state index in [2.05, 4.69) is 30.2 Å². The van der Waals surface area contributed by atoms with Gasteiger partial charge in [0.25, 0.3) is 0 Å². The van der Waals surface area contributed by atoms with Gasteiger partial charge in [0.1, 0.15) is 11.6 Å². The summed E-state index contributed by atoms with van der Waals surface area (Å²) in [6.45, 7) is 0. The Labute approximate surface area is 165 Å². The Balaban J connectivity index is 1.39. The molecule has 2 aromatic carbocycles. The van der Waals surface area contributed by atoms with Crippen LogP contribution in [-0.4, -0.2) is 24.9 Å². The summed E-state index contributed by atoms with van der Waals surface area (Å²) in [7, 11) is 0. The molecule has 0 radical (unpaired) electrons. The number of anilines is 2. The molecule has 3 aromatic heterocycles. The topological polar surface area (TPSA) is 79.4 Å². The van der Waals surface area contributed by atoms with E-state index in [-0.39, 0.29) is 5.82 Å². The van der Waals surface area contributed by atoms with Crippen LogP contribution in [0, 0.1) is 5.82 Å². The number of fused-ring (bicyclic) bond motifs is 1. The third-order valence-corrected chi connectivity index (χ3v) is 4.45. The summed E-state index contributed by atoms with van der Waals surface area (Å²) in [5.74, 6) is 0.884. The van der Waals surface area contributed by atoms with E-state index in [4.69, 9.17) is 0 Å². The number of nitrogens with zero attached hydrogens (tertiary/aromatic N) is 4. The molecule has 0 bridgehead atoms. The van der Waals surface area contributed by atoms with Crippen molar-refractivity contribution < 1.29 is 4.39 Å². The summed E-state index contributed by atoms with van der Waals surface area (Å²) >= 11 is 0. The van der Waals surface area contributed by atoms with Crippen LogP contribution in [0.1, 0.15) is 0 Å². The first-order chi connectivity index (χ1) is 14.2. The zero-order valence-corrected chi connectivity index (χ0v) is 15.2. The number of aromatic nitrogens is 5. The fourth-order valence-electron chi connectivity index (χ4n) is 3.05. The molecule has 0 saturated heterocycles. The first-order valence-electron chi connectivity index (χ1n) is 9.01. The zero-order valence-electron chi connectivity index (χ0n) is 15.2. The van der Waals surface area contributed by atoms with Crippen molar-refractivity contribution in [2.45, 2.75) is 0 Å². The van der Waals surface area contributed by atoms with Crippen molar-refractivity contribution in [2.24, 2.45) is 0 Å². The Bertz CT molecular complexity index is 1260. The Morgan fingerprint density at radius 2 is 1.69 bits per heavy atom. The van der Waals surface area contributed by atoms with Crippen molar-refractivity contribution in [1.82, 2.24) is 24.9 Å². The number of rotatable bonds is 4. The van der Waals surface area contributed by atoms with E-state index in [1.807, 2.05) is 48.5 Å². The van der Waals surface area contributed by atoms with Crippen LogP contribution in [0.5, 0.6) is 0 Å². The lowest BCUT2D eigenvalue weighted by molar-refractivity contribution is 0.626. The second-order valence-electron chi connectivity index (χ2n) is 6.46. The summed E-state index contributed by atoms with van der Waals surface area (Å²) in [6.07, 6.45) is 4.64. The summed E-state index contributed by atoms with van der Waals surface area (Å²) < 4.78 is 13.4. The molecular weight excluding hydrogens is 367 g/mol. The van der Waals surface area contributed by atoms with Crippen molar-refractivity contribution in [3.63, 3.8) is 0 Å². The summed E-state index contributed by atoms with van der Waals surface area (Å²) in [5, 5.41) is 3.18. The van der Waals surface area contributed by atoms with Crippen molar-refractivity contribution in [2.75, 3.05) is 5.32 Å². The third kappa shape index (κ3) is 3.53. The number of imidazole rings is 1. The van der Waals surface area contributed by atoms with E-state index in [0.29, 0.717) is 17.2 Å². The summed E-state index contributed by atoms with van der Waals surface area (Å²) in [5.41, 5.74) is 4.83. The highest BCUT2D eigenvalue weighted by molar-refractivity contribution is 5.80. The van der Waals surface area contributed by atoms with Crippen LogP contribution in [0.3, 0.4) is 0 Å². The highest BCUT2D eigenvalue weighted by Gasteiger charge is 2.07. The predicted octanol–water partition coefficient (Wildman–Crippen LogP) is 4.96. The Morgan fingerprint density at radius 1 is 0.828 bits per heavy atom. The molecule has 0 atom stereocenters. The molecule has 0 aliphatic heterocycles. The van der Waals surface area contributed by atoms with E-state index in [0.717, 1.165) is 28.1 Å². The lowest BCUT2D eigenvalue weighted by Crippen LogP contribution is -1.97. The maximum Gasteiger partial charge on any atom is 0.227 e. The Hall–Kier alpha value is -4.13. The molecular formula is C22H15FN6. The van der Waals surface area contributed by atoms with E-state index >= 15 is 0 Å². The zero-order chi connectivity index (χ0) is 19.6. The molecule has 6 nitrogen and oxygen atoms in total. The molecule has 0 fully saturated rings. The number of aromatic amines is 1. The van der Waals surface area contributed by atoms with E-state index in [1.54, 1.807) is 12.4 Å². The molecule has 3 heterocycles. The molecule has 0 aliphatic carbocycles. The molecule has 0 aliphatic rings. The fourth-order valence-corrected chi connectivity index (χ4v) is 3.05. The van der Waals surface area contributed by atoms with Crippen molar-refractivity contribution >= 4 is 22.7 Å². The number of hydrogen-bond acceptors (Lipinski definition) is 5. The van der Waals surface area contributed by atoms with Crippen LogP contribution < -0.4 is 5.32 Å². The average molecular weight is 382 g/mol. The van der Waals surface area contributed by atoms with Gasteiger partial charge in [-0.05, 0) is 30.3 Å². The van der Waals surface area contributed by atoms with Gasteiger partial charge in [-0.25, -0.2) is 19.3 Å². The first-order valence-corrected chi connectivity index (χ1v) is 9.01. The Morgan fingerprint density at radius 3 is 2.52 bits per heavy atom. The van der Waals surface area contributed by atoms with Crippen molar-refractivity contribution in [1.29, 1.82) is 0 Å². The minimum Gasteiger partial charge on any atom is -0.338 e. The average Bonchev–Trinajstić information content (AvgIpc) is 3.19. The molecule has 29 heavy (non-hydrogen) atoms. The van der Waals surface area contributed by atoms with Gasteiger partial charge < -0.3 is 10.3 Å². The molecule has 2 N–H and O–H groups in total. The molecule has 7 heteroatoms. The second-order valence-corrected chi connectivity index (χ2v) is 6.46. The lowest BCUT2D eigenvalue weighted by atomic mass is 10.2. The number of pyridine rings is 1. The SMILES string of the molecule is Fc1ccnc(-c2cnc(Nc3cccc(-c4nc5ccccc5[nH]4)c3)nc2)c1. The highest BCUT2D eigenvalue weighted by Crippen LogP contribution is 2.24. The van der Waals surface area contributed by atoms with E-state index in [1.165, 1.54) is 18.3 Å². The lowest BCUT2D eigenvalue weighted by Gasteiger charge is -2.07. The van der Waals surface area contributed by atoms with Crippen LogP contribution >= 0.6 is 0 Å². The second kappa shape index (κ2) is 7.12. The van der Waals surface area contributed by atoms with Crippen LogP contribution in [0.2, 0.25) is 0 Å². The largest absolute Gasteiger partial charge is 0.338 e. The van der Waals surface area contributed by atoms with Gasteiger partial charge in [-0.3, -0.25) is 4.98 Å². The maximum absolute atomic E-state index is 13.4. The van der Waals surface area contributed by atoms with Gasteiger partial charge in [0, 0.05) is 41.5 Å². The first kappa shape index (κ1) is 17.0. The van der Waals surface area contributed by atoms with Crippen molar-refractivity contribution in [3.05, 3.63) is 85.1 Å². The quantitative estimate of drug-likeness (QED) is 0.459. The van der Waals surface area contributed by atoms with Crippen LogP contribution in [-0.2, 0) is 0 Å². The highest BCUT2D eigenvalue weighted by atomic mass is 19.1. The van der Waals surface area contributed by atoms with E-state index < -0.39 is 0 Å². The minimum absolute atomic E-state index is 0.348. The predicted molar refractivity (Wildman–Crippen MR) is 110 cm³/mol. The summed E-state index contributed by atoms with van der Waals surface area (Å²) in [4.78, 5) is 20.7. The van der Waals surface area contributed by atoms with Gasteiger partial charge in [-0.2, -0.15) is 0 Å². The number of benzene rings is 2. The summed E-state index contributed by atoms with van der Waals surface area (Å²) in [6, 6.07) is 18.4. The van der Waals surface area contributed by atoms with Crippen molar-refractivity contribution in [3.8, 4) is 22.6 Å². The molecule has 5 aromatic rings. The third-order valence-electron chi connectivity index (χ3n) is 4.45. The van der Waals surface area contributed by atoms with Crippen LogP contribution in [0.4, 0.5) is 16.0 Å². The molecule has 5 rings (SSSR count). The number of hydrogen-bond donors (Lipinski definition) is 2. The van der Waals surface area contributed by atoms with Gasteiger partial charge in [-0.1, -0.05) is 24.3 Å². The number of halogens is 1. The fraction of sp³-hybridized carbons (Fsp3) is 0. The minimum atomic E-state index is -0.348. The molecule has 0 amide bonds. The molecule has 0 unspecified atom stereocenters. The van der Waals surface area contributed by atoms with Gasteiger partial charge in [0.05, 0.1) is 16.7 Å². The Kier molecular flexibility index (Phi) is 4.18. The van der Waals surface area contributed by atoms with Gasteiger partial charge in [0.2, 0.25) is 5.95 Å². The monoisotopic (exact) mass is 382 g/mol. The normalized spacial score (nSPS) is 10.9. The maximum atomic E-state index is 13.4. The number of nitrogens with one attached hydrogen (secondary N) is 2. The van der Waals surface area contributed by atoms with E-state index in [9.17, 15) is 4.39 Å². The number of para-hydroxylation sites is 2. The number of H-pyrrole nitrogens is 1. The van der Waals surface area contributed by atoms with Gasteiger partial charge in [0.15, 0.2) is 0 Å². The van der Waals surface area contributed by atoms with Gasteiger partial charge in [-0.15, -0.1) is 0 Å². The molecule has 0 spiro atoms. The van der Waals surface area contributed by atoms with Crippen LogP contribution in [0.25, 0.3) is 33.7 Å².